The van der Waals surface area contributed by atoms with Gasteiger partial charge in [-0.15, -0.1) is 11.3 Å². The lowest BCUT2D eigenvalue weighted by Gasteiger charge is -2.27. The van der Waals surface area contributed by atoms with Gasteiger partial charge in [0.2, 0.25) is 0 Å². The Kier molecular flexibility index (Phi) is 9.11. The second-order valence-corrected chi connectivity index (χ2v) is 17.6. The fourth-order valence-electron chi connectivity index (χ4n) is 8.22. The summed E-state index contributed by atoms with van der Waals surface area (Å²) < 4.78 is 1.38. The first-order valence-electron chi connectivity index (χ1n) is 18.4. The Labute approximate surface area is 310 Å². The SMILES string of the molecule is CCSC1C=CC(C2=CC3=C(CC2)C2CC=C(C=CC4=Cc5sc6cc(N(C7=CCCC=C7)c7ccccc7)ccc6c5CC4)C=C2S3)=CC1. The number of anilines is 2. The fraction of sp³-hybridized carbons (Fsp3) is 0.261. The molecule has 2 heterocycles. The van der Waals surface area contributed by atoms with E-state index < -0.39 is 0 Å². The summed E-state index contributed by atoms with van der Waals surface area (Å²) in [6, 6.07) is 17.9. The molecule has 0 amide bonds. The minimum absolute atomic E-state index is 0.592. The summed E-state index contributed by atoms with van der Waals surface area (Å²) in [4.78, 5) is 6.91. The quantitative estimate of drug-likeness (QED) is 0.230. The van der Waals surface area contributed by atoms with Crippen LogP contribution in [0.5, 0.6) is 0 Å². The summed E-state index contributed by atoms with van der Waals surface area (Å²) in [7, 11) is 0. The maximum absolute atomic E-state index is 2.52. The molecule has 6 aliphatic rings. The van der Waals surface area contributed by atoms with Crippen LogP contribution in [0.4, 0.5) is 11.4 Å². The fourth-order valence-corrected chi connectivity index (χ4v) is 11.7. The number of thioether (sulfide) groups is 2. The first-order valence-corrected chi connectivity index (χ1v) is 21.1. The molecule has 1 aromatic heterocycles. The van der Waals surface area contributed by atoms with Crippen LogP contribution in [-0.4, -0.2) is 11.0 Å². The van der Waals surface area contributed by atoms with Crippen molar-refractivity contribution < 1.29 is 0 Å². The van der Waals surface area contributed by atoms with E-state index in [9.17, 15) is 0 Å². The van der Waals surface area contributed by atoms with Gasteiger partial charge in [-0.3, -0.25) is 0 Å². The van der Waals surface area contributed by atoms with Gasteiger partial charge in [0, 0.05) is 42.7 Å². The van der Waals surface area contributed by atoms with Gasteiger partial charge >= 0.3 is 0 Å². The second kappa shape index (κ2) is 14.1. The average Bonchev–Trinajstić information content (AvgIpc) is 3.72. The number of hydrogen-bond acceptors (Lipinski definition) is 4. The number of thiophene rings is 1. The minimum Gasteiger partial charge on any atom is -0.311 e. The van der Waals surface area contributed by atoms with Crippen LogP contribution in [0.1, 0.15) is 62.3 Å². The monoisotopic (exact) mass is 705 g/mol. The maximum atomic E-state index is 2.52. The van der Waals surface area contributed by atoms with Crippen LogP contribution in [0.3, 0.4) is 0 Å². The summed E-state index contributed by atoms with van der Waals surface area (Å²) >= 11 is 6.04. The van der Waals surface area contributed by atoms with Crippen LogP contribution >= 0.6 is 34.9 Å². The standard InChI is InChI=1S/C46H43NS3/c1-2-48-38-21-17-33(18-22-38)34-19-25-41-39-23-15-31(27-43(39)49-45(41)29-34)13-14-32-16-24-40-42-26-20-37(30-46(42)50-44(40)28-32)47(35-9-5-3-6-10-35)36-11-7-4-8-12-36/h3,5-7,9-15,17-18,20-21,26-30,38-39H,2,4,8,16,19,22-25H2,1H3. The molecule has 50 heavy (non-hydrogen) atoms. The molecule has 1 nitrogen and oxygen atoms in total. The normalized spacial score (nSPS) is 22.7. The summed E-state index contributed by atoms with van der Waals surface area (Å²) in [5, 5.41) is 2.07. The van der Waals surface area contributed by atoms with Crippen molar-refractivity contribution >= 4 is 62.4 Å². The predicted octanol–water partition coefficient (Wildman–Crippen LogP) is 13.7. The van der Waals surface area contributed by atoms with Crippen molar-refractivity contribution in [2.45, 2.75) is 63.5 Å². The lowest BCUT2D eigenvalue weighted by atomic mass is 9.82. The Morgan fingerprint density at radius 3 is 2.64 bits per heavy atom. The van der Waals surface area contributed by atoms with Crippen LogP contribution in [0.15, 0.2) is 159 Å². The molecule has 9 rings (SSSR count). The number of rotatable bonds is 8. The molecule has 0 saturated heterocycles. The van der Waals surface area contributed by atoms with Crippen molar-refractivity contribution in [2.24, 2.45) is 5.92 Å². The minimum atomic E-state index is 0.592. The molecule has 1 aliphatic heterocycles. The number of fused-ring (bicyclic) bond motifs is 5. The van der Waals surface area contributed by atoms with Crippen LogP contribution in [0, 0.1) is 5.92 Å². The van der Waals surface area contributed by atoms with Gasteiger partial charge in [0.05, 0.1) is 0 Å². The van der Waals surface area contributed by atoms with Crippen molar-refractivity contribution in [2.75, 3.05) is 10.7 Å². The molecule has 0 radical (unpaired) electrons. The third kappa shape index (κ3) is 6.36. The van der Waals surface area contributed by atoms with E-state index in [1.807, 2.05) is 23.1 Å². The van der Waals surface area contributed by atoms with Gasteiger partial charge in [-0.2, -0.15) is 11.8 Å². The van der Waals surface area contributed by atoms with Crippen molar-refractivity contribution in [1.82, 2.24) is 0 Å². The highest BCUT2D eigenvalue weighted by molar-refractivity contribution is 8.07. The molecule has 5 aliphatic carbocycles. The predicted molar refractivity (Wildman–Crippen MR) is 222 cm³/mol. The maximum Gasteiger partial charge on any atom is 0.0475 e. The number of nitrogens with zero attached hydrogens (tertiary/aromatic N) is 1. The topological polar surface area (TPSA) is 3.24 Å². The Hall–Kier alpha value is -3.70. The molecule has 0 N–H and O–H groups in total. The number of para-hydroxylation sites is 1. The highest BCUT2D eigenvalue weighted by Crippen LogP contribution is 2.54. The number of benzene rings is 2. The smallest absolute Gasteiger partial charge is 0.0475 e. The van der Waals surface area contributed by atoms with Crippen LogP contribution < -0.4 is 4.90 Å². The number of allylic oxidation sites excluding steroid dienone is 16. The molecule has 0 bridgehead atoms. The Morgan fingerprint density at radius 2 is 1.80 bits per heavy atom. The molecule has 250 valence electrons. The summed E-state index contributed by atoms with van der Waals surface area (Å²) in [6.07, 6.45) is 38.0. The number of hydrogen-bond donors (Lipinski definition) is 0. The molecule has 4 heteroatoms. The van der Waals surface area contributed by atoms with Gasteiger partial charge in [-0.05, 0) is 149 Å². The third-order valence-corrected chi connectivity index (χ3v) is 14.3. The first kappa shape index (κ1) is 32.2. The van der Waals surface area contributed by atoms with E-state index in [0.717, 1.165) is 32.1 Å². The average molecular weight is 706 g/mol. The van der Waals surface area contributed by atoms with E-state index in [-0.39, 0.29) is 0 Å². The first-order chi connectivity index (χ1) is 24.7. The highest BCUT2D eigenvalue weighted by atomic mass is 32.2. The van der Waals surface area contributed by atoms with Gasteiger partial charge < -0.3 is 4.90 Å². The Morgan fingerprint density at radius 1 is 0.860 bits per heavy atom. The van der Waals surface area contributed by atoms with E-state index in [1.165, 1.54) is 89.8 Å². The zero-order valence-corrected chi connectivity index (χ0v) is 31.2. The van der Waals surface area contributed by atoms with E-state index in [0.29, 0.717) is 11.2 Å². The Balaban J connectivity index is 0.910. The van der Waals surface area contributed by atoms with Gasteiger partial charge in [0.15, 0.2) is 0 Å². The van der Waals surface area contributed by atoms with Gasteiger partial charge in [-0.25, -0.2) is 0 Å². The molecular weight excluding hydrogens is 663 g/mol. The van der Waals surface area contributed by atoms with Crippen LogP contribution in [0.25, 0.3) is 16.2 Å². The molecule has 2 aromatic carbocycles. The molecule has 2 unspecified atom stereocenters. The molecule has 0 spiro atoms. The van der Waals surface area contributed by atoms with E-state index in [1.54, 1.807) is 10.5 Å². The lowest BCUT2D eigenvalue weighted by molar-refractivity contribution is 0.700. The highest BCUT2D eigenvalue weighted by Gasteiger charge is 2.33. The zero-order chi connectivity index (χ0) is 33.4. The summed E-state index contributed by atoms with van der Waals surface area (Å²) in [5.41, 5.74) is 12.7. The van der Waals surface area contributed by atoms with Crippen molar-refractivity contribution in [3.05, 3.63) is 169 Å². The summed E-state index contributed by atoms with van der Waals surface area (Å²) in [6.45, 7) is 2.26. The van der Waals surface area contributed by atoms with E-state index in [4.69, 9.17) is 0 Å². The largest absolute Gasteiger partial charge is 0.311 e. The molecule has 0 fully saturated rings. The molecule has 3 aromatic rings. The third-order valence-electron chi connectivity index (χ3n) is 10.8. The van der Waals surface area contributed by atoms with Crippen LogP contribution in [-0.2, 0) is 6.42 Å². The summed E-state index contributed by atoms with van der Waals surface area (Å²) in [5.74, 6) is 1.78. The molecule has 2 atom stereocenters. The Bertz CT molecular complexity index is 2160. The van der Waals surface area contributed by atoms with Gasteiger partial charge in [0.1, 0.15) is 0 Å². The lowest BCUT2D eigenvalue weighted by Crippen LogP contribution is -2.15. The van der Waals surface area contributed by atoms with Gasteiger partial charge in [0.25, 0.3) is 0 Å². The van der Waals surface area contributed by atoms with Crippen LogP contribution in [0.2, 0.25) is 0 Å². The van der Waals surface area contributed by atoms with Crippen molar-refractivity contribution in [3.63, 3.8) is 0 Å². The van der Waals surface area contributed by atoms with E-state index in [2.05, 4.69) is 145 Å². The van der Waals surface area contributed by atoms with E-state index >= 15 is 0 Å². The zero-order valence-electron chi connectivity index (χ0n) is 28.7. The molecule has 0 saturated carbocycles. The van der Waals surface area contributed by atoms with Gasteiger partial charge in [-0.1, -0.05) is 91.6 Å². The van der Waals surface area contributed by atoms with Crippen molar-refractivity contribution in [1.29, 1.82) is 0 Å². The second-order valence-electron chi connectivity index (χ2n) is 13.9. The van der Waals surface area contributed by atoms with Crippen molar-refractivity contribution in [3.8, 4) is 0 Å². The number of aryl methyl sites for hydroxylation is 1. The molecular formula is C46H43NS3.